The van der Waals surface area contributed by atoms with Crippen LogP contribution < -0.4 is 14.2 Å². The van der Waals surface area contributed by atoms with E-state index in [1.807, 2.05) is 24.3 Å². The van der Waals surface area contributed by atoms with E-state index in [1.54, 1.807) is 26.2 Å². The second kappa shape index (κ2) is 9.46. The molecule has 0 aliphatic rings. The third-order valence-electron chi connectivity index (χ3n) is 3.72. The summed E-state index contributed by atoms with van der Waals surface area (Å²) in [7, 11) is 1.60. The standard InChI is InChI=1S/C20H23NO5/c1-4-6-16-8-10-19(20(14-16)24-3)26-12-5-11-25-18-9-7-15(2)13-17(18)21(22)23/h4,7-10,13-14H,1,5-6,11-12H2,2-3H3. The summed E-state index contributed by atoms with van der Waals surface area (Å²) >= 11 is 0. The van der Waals surface area contributed by atoms with Crippen molar-refractivity contribution in [1.82, 2.24) is 0 Å². The van der Waals surface area contributed by atoms with Crippen molar-refractivity contribution < 1.29 is 19.1 Å². The summed E-state index contributed by atoms with van der Waals surface area (Å²) in [6.45, 7) is 6.26. The Labute approximate surface area is 153 Å². The number of methoxy groups -OCH3 is 1. The highest BCUT2D eigenvalue weighted by molar-refractivity contribution is 5.48. The first-order valence-electron chi connectivity index (χ1n) is 8.33. The first-order chi connectivity index (χ1) is 12.5. The number of ether oxygens (including phenoxy) is 3. The lowest BCUT2D eigenvalue weighted by atomic mass is 10.1. The van der Waals surface area contributed by atoms with Gasteiger partial charge < -0.3 is 14.2 Å². The van der Waals surface area contributed by atoms with E-state index in [9.17, 15) is 10.1 Å². The molecule has 6 heteroatoms. The average Bonchev–Trinajstić information content (AvgIpc) is 2.63. The maximum Gasteiger partial charge on any atom is 0.311 e. The fourth-order valence-electron chi connectivity index (χ4n) is 2.44. The van der Waals surface area contributed by atoms with Gasteiger partial charge in [0, 0.05) is 12.5 Å². The smallest absolute Gasteiger partial charge is 0.311 e. The van der Waals surface area contributed by atoms with Gasteiger partial charge in [0.1, 0.15) is 0 Å². The molecule has 2 rings (SSSR count). The van der Waals surface area contributed by atoms with E-state index in [4.69, 9.17) is 14.2 Å². The Hall–Kier alpha value is -3.02. The summed E-state index contributed by atoms with van der Waals surface area (Å²) in [6.07, 6.45) is 3.18. The Bertz CT molecular complexity index is 773. The minimum atomic E-state index is -0.436. The molecule has 0 radical (unpaired) electrons. The number of nitro groups is 1. The predicted octanol–water partition coefficient (Wildman–Crippen LogP) is 4.49. The van der Waals surface area contributed by atoms with Crippen LogP contribution in [0.5, 0.6) is 17.2 Å². The number of allylic oxidation sites excluding steroid dienone is 1. The molecule has 0 aliphatic heterocycles. The van der Waals surface area contributed by atoms with Gasteiger partial charge in [-0.3, -0.25) is 10.1 Å². The molecule has 0 aliphatic carbocycles. The van der Waals surface area contributed by atoms with Gasteiger partial charge >= 0.3 is 5.69 Å². The maximum atomic E-state index is 11.1. The van der Waals surface area contributed by atoms with Crippen molar-refractivity contribution in [2.45, 2.75) is 19.8 Å². The summed E-state index contributed by atoms with van der Waals surface area (Å²) in [5.41, 5.74) is 1.89. The Balaban J connectivity index is 1.86. The van der Waals surface area contributed by atoms with Crippen LogP contribution >= 0.6 is 0 Å². The Morgan fingerprint density at radius 3 is 2.42 bits per heavy atom. The predicted molar refractivity (Wildman–Crippen MR) is 100 cm³/mol. The van der Waals surface area contributed by atoms with Crippen LogP contribution in [-0.4, -0.2) is 25.2 Å². The number of nitrogens with zero attached hydrogens (tertiary/aromatic N) is 1. The van der Waals surface area contributed by atoms with Gasteiger partial charge in [-0.05, 0) is 42.7 Å². The summed E-state index contributed by atoms with van der Waals surface area (Å²) in [5, 5.41) is 11.1. The first kappa shape index (κ1) is 19.3. The van der Waals surface area contributed by atoms with Gasteiger partial charge in [-0.1, -0.05) is 18.2 Å². The highest BCUT2D eigenvalue weighted by Gasteiger charge is 2.14. The van der Waals surface area contributed by atoms with E-state index in [-0.39, 0.29) is 11.4 Å². The minimum absolute atomic E-state index is 0.0228. The average molecular weight is 357 g/mol. The third kappa shape index (κ3) is 5.24. The summed E-state index contributed by atoms with van der Waals surface area (Å²) in [6, 6.07) is 10.7. The highest BCUT2D eigenvalue weighted by Crippen LogP contribution is 2.29. The van der Waals surface area contributed by atoms with Crippen LogP contribution in [0.25, 0.3) is 0 Å². The molecule has 0 atom stereocenters. The lowest BCUT2D eigenvalue weighted by Crippen LogP contribution is -2.07. The zero-order chi connectivity index (χ0) is 18.9. The molecule has 0 heterocycles. The van der Waals surface area contributed by atoms with Crippen LogP contribution in [0.3, 0.4) is 0 Å². The SMILES string of the molecule is C=CCc1ccc(OCCCOc2ccc(C)cc2[N+](=O)[O-])c(OC)c1. The summed E-state index contributed by atoms with van der Waals surface area (Å²) in [4.78, 5) is 10.6. The van der Waals surface area contributed by atoms with Gasteiger partial charge in [0.15, 0.2) is 17.2 Å². The van der Waals surface area contributed by atoms with Gasteiger partial charge in [0.05, 0.1) is 25.2 Å². The van der Waals surface area contributed by atoms with Crippen LogP contribution in [0.15, 0.2) is 49.1 Å². The molecule has 0 saturated carbocycles. The zero-order valence-electron chi connectivity index (χ0n) is 15.1. The lowest BCUT2D eigenvalue weighted by molar-refractivity contribution is -0.385. The van der Waals surface area contributed by atoms with Crippen molar-refractivity contribution in [1.29, 1.82) is 0 Å². The van der Waals surface area contributed by atoms with E-state index in [2.05, 4.69) is 6.58 Å². The molecule has 26 heavy (non-hydrogen) atoms. The van der Waals surface area contributed by atoms with Crippen molar-refractivity contribution in [3.05, 3.63) is 70.3 Å². The van der Waals surface area contributed by atoms with Crippen LogP contribution in [0, 0.1) is 17.0 Å². The fraction of sp³-hybridized carbons (Fsp3) is 0.300. The number of aryl methyl sites for hydroxylation is 1. The Morgan fingerprint density at radius 2 is 1.77 bits per heavy atom. The maximum absolute atomic E-state index is 11.1. The number of rotatable bonds is 10. The quantitative estimate of drug-likeness (QED) is 0.271. The van der Waals surface area contributed by atoms with Crippen molar-refractivity contribution in [3.63, 3.8) is 0 Å². The first-order valence-corrected chi connectivity index (χ1v) is 8.33. The monoisotopic (exact) mass is 357 g/mol. The Morgan fingerprint density at radius 1 is 1.08 bits per heavy atom. The van der Waals surface area contributed by atoms with Gasteiger partial charge in [-0.2, -0.15) is 0 Å². The molecular weight excluding hydrogens is 334 g/mol. The normalized spacial score (nSPS) is 10.2. The molecule has 0 amide bonds. The second-order valence-electron chi connectivity index (χ2n) is 5.76. The second-order valence-corrected chi connectivity index (χ2v) is 5.76. The molecule has 0 saturated heterocycles. The van der Waals surface area contributed by atoms with Crippen LogP contribution in [0.1, 0.15) is 17.5 Å². The van der Waals surface area contributed by atoms with E-state index < -0.39 is 4.92 Å². The van der Waals surface area contributed by atoms with E-state index in [0.29, 0.717) is 31.1 Å². The molecule has 0 N–H and O–H groups in total. The number of nitro benzene ring substituents is 1. The molecular formula is C20H23NO5. The van der Waals surface area contributed by atoms with Crippen molar-refractivity contribution in [2.24, 2.45) is 0 Å². The number of benzene rings is 2. The summed E-state index contributed by atoms with van der Waals surface area (Å²) < 4.78 is 16.6. The molecule has 6 nitrogen and oxygen atoms in total. The number of hydrogen-bond donors (Lipinski definition) is 0. The van der Waals surface area contributed by atoms with Gasteiger partial charge in [0.25, 0.3) is 0 Å². The van der Waals surface area contributed by atoms with Gasteiger partial charge in [-0.25, -0.2) is 0 Å². The van der Waals surface area contributed by atoms with Crippen LogP contribution in [-0.2, 0) is 6.42 Å². The molecule has 2 aromatic rings. The van der Waals surface area contributed by atoms with Crippen LogP contribution in [0.2, 0.25) is 0 Å². The molecule has 0 spiro atoms. The fourth-order valence-corrected chi connectivity index (χ4v) is 2.44. The summed E-state index contributed by atoms with van der Waals surface area (Å²) in [5.74, 6) is 1.59. The topological polar surface area (TPSA) is 70.8 Å². The highest BCUT2D eigenvalue weighted by atomic mass is 16.6. The van der Waals surface area contributed by atoms with Crippen LogP contribution in [0.4, 0.5) is 5.69 Å². The van der Waals surface area contributed by atoms with Gasteiger partial charge in [0.2, 0.25) is 0 Å². The van der Waals surface area contributed by atoms with E-state index in [0.717, 1.165) is 17.5 Å². The number of hydrogen-bond acceptors (Lipinski definition) is 5. The van der Waals surface area contributed by atoms with Crippen molar-refractivity contribution in [2.75, 3.05) is 20.3 Å². The molecule has 138 valence electrons. The third-order valence-corrected chi connectivity index (χ3v) is 3.72. The van der Waals surface area contributed by atoms with E-state index >= 15 is 0 Å². The van der Waals surface area contributed by atoms with Crippen molar-refractivity contribution in [3.8, 4) is 17.2 Å². The molecule has 0 aromatic heterocycles. The lowest BCUT2D eigenvalue weighted by Gasteiger charge is -2.12. The van der Waals surface area contributed by atoms with Crippen molar-refractivity contribution >= 4 is 5.69 Å². The largest absolute Gasteiger partial charge is 0.493 e. The molecule has 2 aromatic carbocycles. The van der Waals surface area contributed by atoms with E-state index in [1.165, 1.54) is 6.07 Å². The van der Waals surface area contributed by atoms with Gasteiger partial charge in [-0.15, -0.1) is 6.58 Å². The molecule has 0 fully saturated rings. The molecule has 0 bridgehead atoms. The molecule has 0 unspecified atom stereocenters. The minimum Gasteiger partial charge on any atom is -0.493 e. The Kier molecular flexibility index (Phi) is 7.02. The zero-order valence-corrected chi connectivity index (χ0v) is 15.1.